The van der Waals surface area contributed by atoms with E-state index < -0.39 is 24.5 Å². The summed E-state index contributed by atoms with van der Waals surface area (Å²) >= 11 is 0. The average Bonchev–Trinajstić information content (AvgIpc) is 2.91. The van der Waals surface area contributed by atoms with Crippen LogP contribution in [0.2, 0.25) is 0 Å². The predicted molar refractivity (Wildman–Crippen MR) is 79.6 cm³/mol. The van der Waals surface area contributed by atoms with E-state index in [0.717, 1.165) is 13.0 Å². The number of amides is 4. The fourth-order valence-electron chi connectivity index (χ4n) is 2.90. The van der Waals surface area contributed by atoms with Gasteiger partial charge in [0.1, 0.15) is 12.6 Å². The molecule has 0 bridgehead atoms. The van der Waals surface area contributed by atoms with Crippen LogP contribution in [-0.2, 0) is 14.4 Å². The molecule has 0 radical (unpaired) electrons. The molecule has 0 saturated carbocycles. The summed E-state index contributed by atoms with van der Waals surface area (Å²) in [7, 11) is 0. The first-order chi connectivity index (χ1) is 11.0. The number of hydrogen-bond acceptors (Lipinski definition) is 4. The van der Waals surface area contributed by atoms with Crippen LogP contribution in [0.4, 0.5) is 4.79 Å². The van der Waals surface area contributed by atoms with Gasteiger partial charge in [0.15, 0.2) is 0 Å². The molecule has 4 amide bonds. The zero-order valence-electron chi connectivity index (χ0n) is 12.9. The highest BCUT2D eigenvalue weighted by atomic mass is 16.4. The maximum absolute atomic E-state index is 12.1. The summed E-state index contributed by atoms with van der Waals surface area (Å²) in [6, 6.07) is -1.00. The number of carbonyl (C=O) groups excluding carboxylic acids is 3. The molecule has 23 heavy (non-hydrogen) atoms. The van der Waals surface area contributed by atoms with Crippen LogP contribution in [0.15, 0.2) is 0 Å². The van der Waals surface area contributed by atoms with Crippen molar-refractivity contribution in [1.82, 2.24) is 20.4 Å². The Labute approximate surface area is 134 Å². The standard InChI is InChI=1S/C14H22N4O5/c19-11-3-1-6-17(11)7-2-8-18-10(4-5-15-14(18)23)13(22)16-9-12(20)21/h10H,1-9H2,(H,15,23)(H,16,22)(H,20,21). The minimum Gasteiger partial charge on any atom is -0.480 e. The maximum Gasteiger partial charge on any atom is 0.322 e. The van der Waals surface area contributed by atoms with Crippen LogP contribution in [0.3, 0.4) is 0 Å². The lowest BCUT2D eigenvalue weighted by atomic mass is 10.1. The predicted octanol–water partition coefficient (Wildman–Crippen LogP) is -1.02. The van der Waals surface area contributed by atoms with Crippen molar-refractivity contribution >= 4 is 23.8 Å². The van der Waals surface area contributed by atoms with E-state index >= 15 is 0 Å². The molecule has 9 heteroatoms. The number of carbonyl (C=O) groups is 4. The minimum absolute atomic E-state index is 0.129. The Hall–Kier alpha value is -2.32. The van der Waals surface area contributed by atoms with E-state index in [0.29, 0.717) is 38.9 Å². The van der Waals surface area contributed by atoms with Crippen molar-refractivity contribution in [2.75, 3.05) is 32.7 Å². The summed E-state index contributed by atoms with van der Waals surface area (Å²) in [5.41, 5.74) is 0. The van der Waals surface area contributed by atoms with Crippen molar-refractivity contribution in [3.63, 3.8) is 0 Å². The molecule has 0 aromatic carbocycles. The van der Waals surface area contributed by atoms with E-state index in [1.54, 1.807) is 4.90 Å². The number of nitrogens with one attached hydrogen (secondary N) is 2. The Bertz CT molecular complexity index is 496. The quantitative estimate of drug-likeness (QED) is 0.553. The third kappa shape index (κ3) is 4.57. The molecule has 9 nitrogen and oxygen atoms in total. The van der Waals surface area contributed by atoms with Crippen LogP contribution in [0.1, 0.15) is 25.7 Å². The van der Waals surface area contributed by atoms with Crippen LogP contribution in [0, 0.1) is 0 Å². The molecule has 0 aromatic rings. The van der Waals surface area contributed by atoms with Crippen molar-refractivity contribution in [2.24, 2.45) is 0 Å². The molecule has 2 aliphatic heterocycles. The number of aliphatic carboxylic acids is 1. The summed E-state index contributed by atoms with van der Waals surface area (Å²) in [5, 5.41) is 13.6. The van der Waals surface area contributed by atoms with E-state index in [2.05, 4.69) is 10.6 Å². The van der Waals surface area contributed by atoms with Crippen LogP contribution in [0.5, 0.6) is 0 Å². The Morgan fingerprint density at radius 3 is 2.74 bits per heavy atom. The molecular weight excluding hydrogens is 304 g/mol. The highest BCUT2D eigenvalue weighted by molar-refractivity contribution is 5.89. The molecule has 1 atom stereocenters. The number of nitrogens with zero attached hydrogens (tertiary/aromatic N) is 2. The zero-order valence-corrected chi connectivity index (χ0v) is 12.9. The van der Waals surface area contributed by atoms with Crippen molar-refractivity contribution in [2.45, 2.75) is 31.7 Å². The SMILES string of the molecule is O=C(O)CNC(=O)C1CCNC(=O)N1CCCN1CCCC1=O. The molecule has 2 rings (SSSR count). The lowest BCUT2D eigenvalue weighted by Crippen LogP contribution is -2.58. The van der Waals surface area contributed by atoms with Crippen LogP contribution >= 0.6 is 0 Å². The summed E-state index contributed by atoms with van der Waals surface area (Å²) in [6.45, 7) is 1.57. The third-order valence-electron chi connectivity index (χ3n) is 4.05. The molecule has 128 valence electrons. The van der Waals surface area contributed by atoms with Gasteiger partial charge in [0.25, 0.3) is 0 Å². The first-order valence-corrected chi connectivity index (χ1v) is 7.81. The van der Waals surface area contributed by atoms with Gasteiger partial charge in [-0.25, -0.2) is 4.79 Å². The van der Waals surface area contributed by atoms with Gasteiger partial charge in [-0.1, -0.05) is 0 Å². The van der Waals surface area contributed by atoms with Crippen molar-refractivity contribution in [3.05, 3.63) is 0 Å². The molecule has 1 unspecified atom stereocenters. The first kappa shape index (κ1) is 17.0. The van der Waals surface area contributed by atoms with Crippen LogP contribution in [0.25, 0.3) is 0 Å². The summed E-state index contributed by atoms with van der Waals surface area (Å²) in [6.07, 6.45) is 2.45. The van der Waals surface area contributed by atoms with Crippen molar-refractivity contribution in [1.29, 1.82) is 0 Å². The Morgan fingerprint density at radius 2 is 2.09 bits per heavy atom. The van der Waals surface area contributed by atoms with Gasteiger partial charge >= 0.3 is 12.0 Å². The van der Waals surface area contributed by atoms with Gasteiger partial charge in [-0.3, -0.25) is 14.4 Å². The summed E-state index contributed by atoms with van der Waals surface area (Å²) in [5.74, 6) is -1.46. The molecule has 2 saturated heterocycles. The zero-order chi connectivity index (χ0) is 16.8. The molecular formula is C14H22N4O5. The van der Waals surface area contributed by atoms with Gasteiger partial charge in [-0.15, -0.1) is 0 Å². The van der Waals surface area contributed by atoms with Crippen molar-refractivity contribution in [3.8, 4) is 0 Å². The van der Waals surface area contributed by atoms with Crippen molar-refractivity contribution < 1.29 is 24.3 Å². The molecule has 3 N–H and O–H groups in total. The second-order valence-electron chi connectivity index (χ2n) is 5.68. The number of carboxylic acid groups (broad SMARTS) is 1. The molecule has 2 heterocycles. The Kier molecular flexibility index (Phi) is 5.78. The molecule has 2 fully saturated rings. The topological polar surface area (TPSA) is 119 Å². The number of likely N-dealkylation sites (tertiary alicyclic amines) is 1. The molecule has 0 aliphatic carbocycles. The van der Waals surface area contributed by atoms with E-state index in [-0.39, 0.29) is 11.9 Å². The summed E-state index contributed by atoms with van der Waals surface area (Å²) in [4.78, 5) is 49.3. The van der Waals surface area contributed by atoms with Gasteiger partial charge in [0.2, 0.25) is 11.8 Å². The van der Waals surface area contributed by atoms with Gasteiger partial charge in [0, 0.05) is 32.6 Å². The monoisotopic (exact) mass is 326 g/mol. The fraction of sp³-hybridized carbons (Fsp3) is 0.714. The van der Waals surface area contributed by atoms with Crippen LogP contribution in [-0.4, -0.2) is 77.5 Å². The van der Waals surface area contributed by atoms with E-state index in [1.165, 1.54) is 4.90 Å². The lowest BCUT2D eigenvalue weighted by molar-refractivity contribution is -0.138. The highest BCUT2D eigenvalue weighted by Gasteiger charge is 2.33. The number of hydrogen-bond donors (Lipinski definition) is 3. The van der Waals surface area contributed by atoms with E-state index in [1.807, 2.05) is 0 Å². The fourth-order valence-corrected chi connectivity index (χ4v) is 2.90. The normalized spacial score (nSPS) is 21.3. The van der Waals surface area contributed by atoms with Gasteiger partial charge in [-0.05, 0) is 19.3 Å². The van der Waals surface area contributed by atoms with E-state index in [4.69, 9.17) is 5.11 Å². The largest absolute Gasteiger partial charge is 0.480 e. The molecule has 0 spiro atoms. The Morgan fingerprint density at radius 1 is 1.30 bits per heavy atom. The Balaban J connectivity index is 1.86. The lowest BCUT2D eigenvalue weighted by Gasteiger charge is -2.35. The number of urea groups is 1. The average molecular weight is 326 g/mol. The number of rotatable bonds is 7. The smallest absolute Gasteiger partial charge is 0.322 e. The summed E-state index contributed by atoms with van der Waals surface area (Å²) < 4.78 is 0. The third-order valence-corrected chi connectivity index (χ3v) is 4.05. The van der Waals surface area contributed by atoms with Gasteiger partial charge in [0.05, 0.1) is 0 Å². The highest BCUT2D eigenvalue weighted by Crippen LogP contribution is 2.13. The van der Waals surface area contributed by atoms with Gasteiger partial charge in [-0.2, -0.15) is 0 Å². The number of carboxylic acids is 1. The molecule has 2 aliphatic rings. The first-order valence-electron chi connectivity index (χ1n) is 7.81. The van der Waals surface area contributed by atoms with Gasteiger partial charge < -0.3 is 25.5 Å². The second-order valence-corrected chi connectivity index (χ2v) is 5.68. The molecule has 0 aromatic heterocycles. The van der Waals surface area contributed by atoms with E-state index in [9.17, 15) is 19.2 Å². The second kappa shape index (κ2) is 7.80. The maximum atomic E-state index is 12.1. The van der Waals surface area contributed by atoms with Crippen LogP contribution < -0.4 is 10.6 Å². The minimum atomic E-state index is -1.13.